The van der Waals surface area contributed by atoms with Gasteiger partial charge in [0, 0.05) is 28.3 Å². The summed E-state index contributed by atoms with van der Waals surface area (Å²) in [5.74, 6) is -0.800. The van der Waals surface area contributed by atoms with Gasteiger partial charge >= 0.3 is 6.18 Å². The van der Waals surface area contributed by atoms with Gasteiger partial charge in [-0.2, -0.15) is 13.2 Å². The first-order chi connectivity index (χ1) is 12.9. The summed E-state index contributed by atoms with van der Waals surface area (Å²) in [4.78, 5) is 27.1. The molecule has 150 valence electrons. The summed E-state index contributed by atoms with van der Waals surface area (Å²) in [6.07, 6.45) is -6.06. The molecule has 8 heteroatoms. The molecule has 0 aliphatic rings. The van der Waals surface area contributed by atoms with E-state index in [1.807, 2.05) is 0 Å². The number of benzene rings is 1. The Morgan fingerprint density at radius 3 is 2.18 bits per heavy atom. The fourth-order valence-corrected chi connectivity index (χ4v) is 3.30. The molecule has 0 N–H and O–H groups in total. The highest BCUT2D eigenvalue weighted by Gasteiger charge is 2.61. The lowest BCUT2D eigenvalue weighted by Gasteiger charge is -2.34. The highest BCUT2D eigenvalue weighted by molar-refractivity contribution is 5.97. The smallest absolute Gasteiger partial charge is 0.294 e. The molecule has 2 aromatic rings. The molecule has 5 nitrogen and oxygen atoms in total. The zero-order valence-electron chi connectivity index (χ0n) is 16.1. The Morgan fingerprint density at radius 1 is 1.11 bits per heavy atom. The zero-order chi connectivity index (χ0) is 21.3. The molecular weight excluding hydrogens is 373 g/mol. The maximum Gasteiger partial charge on any atom is 0.405 e. The first kappa shape index (κ1) is 21.5. The fraction of sp³-hybridized carbons (Fsp3) is 0.400. The largest absolute Gasteiger partial charge is 0.405 e. The van der Waals surface area contributed by atoms with Crippen molar-refractivity contribution in [2.75, 3.05) is 6.54 Å². The Labute approximate surface area is 160 Å². The lowest BCUT2D eigenvalue weighted by Crippen LogP contribution is -2.50. The number of nitrogens with zero attached hydrogens (tertiary/aromatic N) is 2. The molecule has 1 aromatic carbocycles. The Balaban J connectivity index is 2.70. The van der Waals surface area contributed by atoms with Crippen molar-refractivity contribution in [3.05, 3.63) is 74.1 Å². The second kappa shape index (κ2) is 7.69. The highest BCUT2D eigenvalue weighted by Crippen LogP contribution is 2.46. The minimum Gasteiger partial charge on any atom is -0.294 e. The molecule has 0 spiro atoms. The monoisotopic (exact) mass is 394 g/mol. The van der Waals surface area contributed by atoms with Crippen LogP contribution in [0.25, 0.3) is 0 Å². The number of Topliss-reactive ketones (excluding diaryl/α,β-unsaturated/α-hetero) is 1. The number of carbonyl (C=O) groups is 1. The lowest BCUT2D eigenvalue weighted by atomic mass is 9.72. The van der Waals surface area contributed by atoms with Crippen molar-refractivity contribution in [2.45, 2.75) is 45.7 Å². The number of ketones is 1. The van der Waals surface area contributed by atoms with Crippen molar-refractivity contribution in [3.8, 4) is 0 Å². The fourth-order valence-electron chi connectivity index (χ4n) is 3.30. The molecule has 0 amide bonds. The van der Waals surface area contributed by atoms with Crippen LogP contribution in [0.4, 0.5) is 13.2 Å². The van der Waals surface area contributed by atoms with Gasteiger partial charge in [0.2, 0.25) is 6.54 Å². The number of alkyl halides is 3. The average molecular weight is 394 g/mol. The predicted octanol–water partition coefficient (Wildman–Crippen LogP) is 4.67. The molecule has 0 saturated carbocycles. The quantitative estimate of drug-likeness (QED) is 0.406. The molecule has 28 heavy (non-hydrogen) atoms. The van der Waals surface area contributed by atoms with Gasteiger partial charge in [-0.25, -0.2) is 0 Å². The SMILES string of the molecule is Cc1ccc(C(=O)CC(C[N+](=O)[O-])(c2cc(C)nc(C)c2C)C(F)(F)F)cc1. The van der Waals surface area contributed by atoms with E-state index in [0.29, 0.717) is 11.4 Å². The van der Waals surface area contributed by atoms with E-state index in [9.17, 15) is 28.1 Å². The zero-order valence-corrected chi connectivity index (χ0v) is 16.1. The number of hydrogen-bond donors (Lipinski definition) is 0. The summed E-state index contributed by atoms with van der Waals surface area (Å²) in [7, 11) is 0. The topological polar surface area (TPSA) is 73.1 Å². The van der Waals surface area contributed by atoms with Crippen LogP contribution in [0.15, 0.2) is 30.3 Å². The van der Waals surface area contributed by atoms with Crippen LogP contribution in [0.5, 0.6) is 0 Å². The van der Waals surface area contributed by atoms with E-state index in [-0.39, 0.29) is 16.7 Å². The summed E-state index contributed by atoms with van der Waals surface area (Å²) >= 11 is 0. The molecule has 2 rings (SSSR count). The maximum absolute atomic E-state index is 14.3. The van der Waals surface area contributed by atoms with Gasteiger partial charge in [0.05, 0.1) is 0 Å². The summed E-state index contributed by atoms with van der Waals surface area (Å²) in [6, 6.07) is 7.29. The van der Waals surface area contributed by atoms with Crippen LogP contribution in [-0.4, -0.2) is 28.4 Å². The molecule has 0 bridgehead atoms. The van der Waals surface area contributed by atoms with E-state index in [0.717, 1.165) is 5.56 Å². The van der Waals surface area contributed by atoms with Crippen molar-refractivity contribution >= 4 is 5.78 Å². The van der Waals surface area contributed by atoms with Gasteiger partial charge in [-0.05, 0) is 44.9 Å². The molecule has 1 aromatic heterocycles. The maximum atomic E-state index is 14.3. The Bertz CT molecular complexity index is 908. The third-order valence-electron chi connectivity index (χ3n) is 4.94. The highest BCUT2D eigenvalue weighted by atomic mass is 19.4. The van der Waals surface area contributed by atoms with E-state index in [1.165, 1.54) is 32.0 Å². The number of carbonyl (C=O) groups excluding carboxylic acids is 1. The summed E-state index contributed by atoms with van der Waals surface area (Å²) in [6.45, 7) is 4.85. The van der Waals surface area contributed by atoms with Crippen molar-refractivity contribution in [1.29, 1.82) is 0 Å². The molecule has 0 aliphatic heterocycles. The molecule has 0 saturated heterocycles. The molecule has 0 radical (unpaired) electrons. The van der Waals surface area contributed by atoms with Crippen molar-refractivity contribution in [2.24, 2.45) is 0 Å². The number of hydrogen-bond acceptors (Lipinski definition) is 4. The van der Waals surface area contributed by atoms with Gasteiger partial charge < -0.3 is 0 Å². The normalized spacial score (nSPS) is 13.8. The van der Waals surface area contributed by atoms with Crippen LogP contribution in [0.3, 0.4) is 0 Å². The number of pyridine rings is 1. The Kier molecular flexibility index (Phi) is 5.91. The first-order valence-corrected chi connectivity index (χ1v) is 8.61. The number of nitro groups is 1. The number of aromatic nitrogens is 1. The van der Waals surface area contributed by atoms with Crippen LogP contribution in [0.1, 0.15) is 44.9 Å². The van der Waals surface area contributed by atoms with E-state index >= 15 is 0 Å². The third kappa shape index (κ3) is 4.21. The molecular formula is C20H21F3N2O3. The van der Waals surface area contributed by atoms with Crippen LogP contribution in [-0.2, 0) is 5.41 Å². The van der Waals surface area contributed by atoms with Gasteiger partial charge in [-0.3, -0.25) is 19.9 Å². The molecule has 0 fully saturated rings. The van der Waals surface area contributed by atoms with Gasteiger partial charge in [-0.15, -0.1) is 0 Å². The standard InChI is InChI=1S/C20H21F3N2O3/c1-12-5-7-16(8-6-12)18(26)10-19(11-25(27)28,20(21,22)23)17-9-13(2)24-15(4)14(17)3/h5-9H,10-11H2,1-4H3. The van der Waals surface area contributed by atoms with E-state index in [1.54, 1.807) is 26.0 Å². The molecule has 1 heterocycles. The predicted molar refractivity (Wildman–Crippen MR) is 98.2 cm³/mol. The average Bonchev–Trinajstić information content (AvgIpc) is 2.56. The number of rotatable bonds is 6. The second-order valence-electron chi connectivity index (χ2n) is 7.06. The first-order valence-electron chi connectivity index (χ1n) is 8.61. The van der Waals surface area contributed by atoms with Crippen LogP contribution >= 0.6 is 0 Å². The second-order valence-corrected chi connectivity index (χ2v) is 7.06. The summed E-state index contributed by atoms with van der Waals surface area (Å²) in [5.41, 5.74) is -1.44. The number of halogens is 3. The summed E-state index contributed by atoms with van der Waals surface area (Å²) in [5, 5.41) is 11.3. The Hall–Kier alpha value is -2.77. The number of aryl methyl sites for hydroxylation is 3. The van der Waals surface area contributed by atoms with E-state index < -0.39 is 35.3 Å². The van der Waals surface area contributed by atoms with Crippen LogP contribution in [0.2, 0.25) is 0 Å². The third-order valence-corrected chi connectivity index (χ3v) is 4.94. The molecule has 1 unspecified atom stereocenters. The minimum absolute atomic E-state index is 0.0859. The van der Waals surface area contributed by atoms with Gasteiger partial charge in [0.25, 0.3) is 0 Å². The molecule has 1 atom stereocenters. The lowest BCUT2D eigenvalue weighted by molar-refractivity contribution is -0.501. The molecule has 0 aliphatic carbocycles. The minimum atomic E-state index is -5.01. The van der Waals surface area contributed by atoms with Gasteiger partial charge in [0.15, 0.2) is 11.2 Å². The van der Waals surface area contributed by atoms with E-state index in [2.05, 4.69) is 4.98 Å². The van der Waals surface area contributed by atoms with Gasteiger partial charge in [0.1, 0.15) is 0 Å². The summed E-state index contributed by atoms with van der Waals surface area (Å²) < 4.78 is 43.0. The van der Waals surface area contributed by atoms with Crippen molar-refractivity contribution < 1.29 is 22.9 Å². The van der Waals surface area contributed by atoms with Crippen molar-refractivity contribution in [1.82, 2.24) is 4.98 Å². The van der Waals surface area contributed by atoms with Crippen LogP contribution in [0, 0.1) is 37.8 Å². The van der Waals surface area contributed by atoms with Gasteiger partial charge in [-0.1, -0.05) is 29.8 Å². The Morgan fingerprint density at radius 2 is 1.68 bits per heavy atom. The van der Waals surface area contributed by atoms with Crippen molar-refractivity contribution in [3.63, 3.8) is 0 Å². The van der Waals surface area contributed by atoms with E-state index in [4.69, 9.17) is 0 Å². The van der Waals surface area contributed by atoms with Crippen LogP contribution < -0.4 is 0 Å².